The third-order valence-electron chi connectivity index (χ3n) is 6.66. The summed E-state index contributed by atoms with van der Waals surface area (Å²) in [4.78, 5) is 27.3. The highest BCUT2D eigenvalue weighted by Crippen LogP contribution is 2.54. The molecule has 0 saturated heterocycles. The topological polar surface area (TPSA) is 83.6 Å². The van der Waals surface area contributed by atoms with Gasteiger partial charge in [0.05, 0.1) is 5.75 Å². The van der Waals surface area contributed by atoms with Gasteiger partial charge in [0.2, 0.25) is 0 Å². The zero-order chi connectivity index (χ0) is 32.5. The molecule has 0 aliphatic heterocycles. The predicted molar refractivity (Wildman–Crippen MR) is 147 cm³/mol. The molecule has 232 valence electrons. The van der Waals surface area contributed by atoms with Crippen LogP contribution in [-0.4, -0.2) is 58.2 Å². The Kier molecular flexibility index (Phi) is 9.35. The number of carbonyl (C=O) groups excluding carboxylic acids is 2. The fraction of sp³-hybridized carbons (Fsp3) is 0.310. The zero-order valence-corrected chi connectivity index (χ0v) is 24.1. The van der Waals surface area contributed by atoms with Gasteiger partial charge in [-0.1, -0.05) is 42.5 Å². The van der Waals surface area contributed by atoms with Crippen LogP contribution in [0, 0.1) is 13.8 Å². The van der Waals surface area contributed by atoms with Crippen molar-refractivity contribution in [2.75, 3.05) is 30.5 Å². The van der Waals surface area contributed by atoms with E-state index >= 15 is 0 Å². The van der Waals surface area contributed by atoms with Gasteiger partial charge in [-0.3, -0.25) is 9.59 Å². The number of rotatable bonds is 8. The first kappa shape index (κ1) is 33.6. The van der Waals surface area contributed by atoms with Gasteiger partial charge in [-0.2, -0.15) is 26.3 Å². The molecule has 0 radical (unpaired) electrons. The van der Waals surface area contributed by atoms with Gasteiger partial charge in [-0.15, -0.1) is 0 Å². The number of nitrogens with one attached hydrogen (secondary N) is 1. The zero-order valence-electron chi connectivity index (χ0n) is 23.3. The van der Waals surface area contributed by atoms with E-state index in [4.69, 9.17) is 0 Å². The SMILES string of the molecule is Cc1cc(C(F)(C(F)(F)F)C(F)(F)F)cc(C)c1N(C)C(=O)c1ccccc1-c1cccc(C(=O)NCCS(C)(=O)=O)c1. The highest BCUT2D eigenvalue weighted by Gasteiger charge is 2.73. The molecule has 2 amide bonds. The van der Waals surface area contributed by atoms with Crippen LogP contribution in [-0.2, 0) is 15.5 Å². The standard InChI is InChI=1S/C29H27F7N2O4S/c1-17-14-21(27(30,28(31,32)33)29(34,35)36)15-18(2)24(17)38(3)26(40)23-11-6-5-10-22(23)19-8-7-9-20(16-19)25(39)37-12-13-43(4,41)42/h5-11,14-16H,12-13H2,1-4H3,(H,37,39). The normalized spacial score (nSPS) is 12.6. The molecule has 0 bridgehead atoms. The Morgan fingerprint density at radius 3 is 1.93 bits per heavy atom. The van der Waals surface area contributed by atoms with Crippen LogP contribution in [0.2, 0.25) is 0 Å². The molecule has 0 heterocycles. The maximum atomic E-state index is 14.7. The smallest absolute Gasteiger partial charge is 0.351 e. The molecule has 6 nitrogen and oxygen atoms in total. The minimum absolute atomic E-state index is 0.0192. The third kappa shape index (κ3) is 7.00. The molecule has 0 spiro atoms. The summed E-state index contributed by atoms with van der Waals surface area (Å²) in [5, 5.41) is 2.50. The average Bonchev–Trinajstić information content (AvgIpc) is 2.89. The summed E-state index contributed by atoms with van der Waals surface area (Å²) in [7, 11) is -2.03. The Balaban J connectivity index is 1.99. The molecule has 43 heavy (non-hydrogen) atoms. The van der Waals surface area contributed by atoms with Crippen molar-refractivity contribution < 1.29 is 48.7 Å². The van der Waals surface area contributed by atoms with E-state index in [0.717, 1.165) is 11.2 Å². The largest absolute Gasteiger partial charge is 0.435 e. The third-order valence-corrected chi connectivity index (χ3v) is 7.61. The summed E-state index contributed by atoms with van der Waals surface area (Å²) in [5.74, 6) is -1.50. The summed E-state index contributed by atoms with van der Waals surface area (Å²) >= 11 is 0. The van der Waals surface area contributed by atoms with Crippen LogP contribution in [0.5, 0.6) is 0 Å². The number of hydrogen-bond donors (Lipinski definition) is 1. The lowest BCUT2D eigenvalue weighted by atomic mass is 9.90. The molecule has 0 atom stereocenters. The minimum atomic E-state index is -6.29. The Bertz CT molecular complexity index is 1610. The molecule has 1 N–H and O–H groups in total. The number of benzene rings is 3. The molecule has 0 aromatic heterocycles. The van der Waals surface area contributed by atoms with E-state index in [9.17, 15) is 48.7 Å². The molecule has 0 saturated carbocycles. The van der Waals surface area contributed by atoms with E-state index in [2.05, 4.69) is 5.32 Å². The molecule has 14 heteroatoms. The van der Waals surface area contributed by atoms with Crippen LogP contribution in [0.4, 0.5) is 36.4 Å². The second-order valence-electron chi connectivity index (χ2n) is 9.99. The van der Waals surface area contributed by atoms with Gasteiger partial charge in [-0.05, 0) is 54.3 Å². The van der Waals surface area contributed by atoms with E-state index in [1.54, 1.807) is 30.3 Å². The first-order chi connectivity index (χ1) is 19.7. The minimum Gasteiger partial charge on any atom is -0.351 e. The number of hydrogen-bond acceptors (Lipinski definition) is 4. The van der Waals surface area contributed by atoms with Crippen LogP contribution in [0.3, 0.4) is 0 Å². The monoisotopic (exact) mass is 632 g/mol. The van der Waals surface area contributed by atoms with Crippen LogP contribution in [0.15, 0.2) is 60.7 Å². The molecular weight excluding hydrogens is 605 g/mol. The number of amides is 2. The van der Waals surface area contributed by atoms with Crippen molar-refractivity contribution >= 4 is 27.3 Å². The highest BCUT2D eigenvalue weighted by molar-refractivity contribution is 7.90. The van der Waals surface area contributed by atoms with E-state index in [-0.39, 0.29) is 40.2 Å². The molecule has 0 fully saturated rings. The summed E-state index contributed by atoms with van der Waals surface area (Å²) in [6, 6.07) is 13.1. The fourth-order valence-corrected chi connectivity index (χ4v) is 5.13. The van der Waals surface area contributed by atoms with Crippen LogP contribution in [0.1, 0.15) is 37.4 Å². The molecule has 0 aliphatic rings. The van der Waals surface area contributed by atoms with Gasteiger partial charge in [0.25, 0.3) is 11.8 Å². The lowest BCUT2D eigenvalue weighted by Gasteiger charge is -2.32. The molecule has 3 aromatic rings. The fourth-order valence-electron chi connectivity index (χ4n) is 4.66. The van der Waals surface area contributed by atoms with E-state index in [1.807, 2.05) is 0 Å². The Hall–Kier alpha value is -3.94. The van der Waals surface area contributed by atoms with Gasteiger partial charge in [0.1, 0.15) is 9.84 Å². The highest BCUT2D eigenvalue weighted by atomic mass is 32.2. The van der Waals surface area contributed by atoms with Gasteiger partial charge < -0.3 is 10.2 Å². The Morgan fingerprint density at radius 2 is 1.40 bits per heavy atom. The van der Waals surface area contributed by atoms with Crippen molar-refractivity contribution in [1.29, 1.82) is 0 Å². The first-order valence-electron chi connectivity index (χ1n) is 12.6. The second-order valence-corrected chi connectivity index (χ2v) is 12.2. The van der Waals surface area contributed by atoms with E-state index < -0.39 is 45.2 Å². The van der Waals surface area contributed by atoms with Gasteiger partial charge in [-0.25, -0.2) is 12.8 Å². The van der Waals surface area contributed by atoms with Crippen LogP contribution >= 0.6 is 0 Å². The molecular formula is C29H27F7N2O4S. The number of carbonyl (C=O) groups is 2. The number of anilines is 1. The first-order valence-corrected chi connectivity index (χ1v) is 14.6. The molecule has 0 unspecified atom stereocenters. The summed E-state index contributed by atoms with van der Waals surface area (Å²) < 4.78 is 117. The number of alkyl halides is 7. The van der Waals surface area contributed by atoms with Crippen molar-refractivity contribution in [1.82, 2.24) is 5.32 Å². The number of nitrogens with zero attached hydrogens (tertiary/aromatic N) is 1. The van der Waals surface area contributed by atoms with Crippen molar-refractivity contribution in [3.05, 3.63) is 88.5 Å². The molecule has 3 aromatic carbocycles. The van der Waals surface area contributed by atoms with Crippen LogP contribution in [0.25, 0.3) is 11.1 Å². The van der Waals surface area contributed by atoms with Gasteiger partial charge in [0.15, 0.2) is 0 Å². The Labute approximate surface area is 243 Å². The Morgan fingerprint density at radius 1 is 0.837 bits per heavy atom. The van der Waals surface area contributed by atoms with E-state index in [1.165, 1.54) is 39.1 Å². The molecule has 3 rings (SSSR count). The number of halogens is 7. The predicted octanol–water partition coefficient (Wildman–Crippen LogP) is 6.31. The summed E-state index contributed by atoms with van der Waals surface area (Å²) in [6.07, 6.45) is -11.5. The van der Waals surface area contributed by atoms with Gasteiger partial charge in [0, 0.05) is 42.2 Å². The summed E-state index contributed by atoms with van der Waals surface area (Å²) in [6.45, 7) is 2.22. The lowest BCUT2D eigenvalue weighted by Crippen LogP contribution is -2.50. The maximum absolute atomic E-state index is 14.7. The van der Waals surface area contributed by atoms with Crippen molar-refractivity contribution in [2.24, 2.45) is 0 Å². The lowest BCUT2D eigenvalue weighted by molar-refractivity contribution is -0.348. The number of aryl methyl sites for hydroxylation is 2. The van der Waals surface area contributed by atoms with Crippen molar-refractivity contribution in [3.63, 3.8) is 0 Å². The number of sulfone groups is 1. The second kappa shape index (κ2) is 12.0. The van der Waals surface area contributed by atoms with Crippen molar-refractivity contribution in [3.8, 4) is 11.1 Å². The summed E-state index contributed by atoms with van der Waals surface area (Å²) in [5.41, 5.74) is -6.65. The van der Waals surface area contributed by atoms with E-state index in [0.29, 0.717) is 23.3 Å². The maximum Gasteiger partial charge on any atom is 0.435 e. The average molecular weight is 633 g/mol. The molecule has 0 aliphatic carbocycles. The van der Waals surface area contributed by atoms with Crippen molar-refractivity contribution in [2.45, 2.75) is 31.9 Å². The van der Waals surface area contributed by atoms with Gasteiger partial charge >= 0.3 is 18.0 Å². The van der Waals surface area contributed by atoms with Crippen LogP contribution < -0.4 is 10.2 Å². The quantitative estimate of drug-likeness (QED) is 0.295.